The number of nitrogens with zero attached hydrogens (tertiary/aromatic N) is 1. The van der Waals surface area contributed by atoms with Crippen molar-refractivity contribution in [3.05, 3.63) is 52.5 Å². The molecule has 0 amide bonds. The fraction of sp³-hybridized carbons (Fsp3) is 0.188. The van der Waals surface area contributed by atoms with Crippen LogP contribution in [0.25, 0.3) is 0 Å². The van der Waals surface area contributed by atoms with E-state index in [1.165, 1.54) is 11.3 Å². The lowest BCUT2D eigenvalue weighted by Crippen LogP contribution is -2.11. The molecule has 0 saturated carbocycles. The molecule has 1 aliphatic heterocycles. The molecule has 3 nitrogen and oxygen atoms in total. The van der Waals surface area contributed by atoms with Crippen LogP contribution >= 0.6 is 11.6 Å². The average Bonchev–Trinajstić information content (AvgIpc) is 2.47. The third kappa shape index (κ3) is 2.43. The van der Waals surface area contributed by atoms with Gasteiger partial charge in [-0.25, -0.2) is 0 Å². The second-order valence-corrected chi connectivity index (χ2v) is 5.21. The molecule has 0 fully saturated rings. The van der Waals surface area contributed by atoms with Crippen molar-refractivity contribution in [1.29, 1.82) is 5.26 Å². The van der Waals surface area contributed by atoms with Crippen LogP contribution in [0.2, 0.25) is 5.02 Å². The third-order valence-corrected chi connectivity index (χ3v) is 3.76. The van der Waals surface area contributed by atoms with E-state index in [9.17, 15) is 5.26 Å². The molecule has 20 heavy (non-hydrogen) atoms. The van der Waals surface area contributed by atoms with Gasteiger partial charge < -0.3 is 10.6 Å². The van der Waals surface area contributed by atoms with E-state index in [1.54, 1.807) is 6.07 Å². The lowest BCUT2D eigenvalue weighted by molar-refractivity contribution is 0.830. The molecule has 3 rings (SSSR count). The summed E-state index contributed by atoms with van der Waals surface area (Å²) in [6, 6.07) is 13.8. The monoisotopic (exact) mass is 283 g/mol. The van der Waals surface area contributed by atoms with Crippen LogP contribution in [0.5, 0.6) is 0 Å². The molecule has 0 aliphatic carbocycles. The summed E-state index contributed by atoms with van der Waals surface area (Å²) in [7, 11) is 0. The van der Waals surface area contributed by atoms with Gasteiger partial charge in [0.2, 0.25) is 0 Å². The van der Waals surface area contributed by atoms with Gasteiger partial charge in [0.25, 0.3) is 0 Å². The largest absolute Gasteiger partial charge is 0.385 e. The van der Waals surface area contributed by atoms with Gasteiger partial charge in [0.15, 0.2) is 0 Å². The molecule has 0 aromatic heterocycles. The van der Waals surface area contributed by atoms with E-state index in [2.05, 4.69) is 28.8 Å². The summed E-state index contributed by atoms with van der Waals surface area (Å²) < 4.78 is 0. The maximum atomic E-state index is 9.18. The van der Waals surface area contributed by atoms with Crippen molar-refractivity contribution >= 4 is 28.7 Å². The van der Waals surface area contributed by atoms with Gasteiger partial charge in [-0.15, -0.1) is 0 Å². The van der Waals surface area contributed by atoms with Crippen LogP contribution in [-0.2, 0) is 6.42 Å². The van der Waals surface area contributed by atoms with Crippen LogP contribution < -0.4 is 10.6 Å². The molecule has 100 valence electrons. The van der Waals surface area contributed by atoms with Gasteiger partial charge in [0.05, 0.1) is 16.3 Å². The fourth-order valence-electron chi connectivity index (χ4n) is 2.45. The first-order valence-electron chi connectivity index (χ1n) is 6.60. The number of hydrogen-bond donors (Lipinski definition) is 2. The van der Waals surface area contributed by atoms with E-state index in [4.69, 9.17) is 11.6 Å². The van der Waals surface area contributed by atoms with Crippen LogP contribution in [0.15, 0.2) is 36.4 Å². The molecule has 2 aromatic rings. The van der Waals surface area contributed by atoms with Crippen LogP contribution in [-0.4, -0.2) is 6.54 Å². The maximum absolute atomic E-state index is 9.18. The summed E-state index contributed by atoms with van der Waals surface area (Å²) in [6.45, 7) is 1.03. The van der Waals surface area contributed by atoms with E-state index in [-0.39, 0.29) is 0 Å². The first kappa shape index (κ1) is 12.8. The van der Waals surface area contributed by atoms with Crippen LogP contribution in [0, 0.1) is 11.3 Å². The topological polar surface area (TPSA) is 47.9 Å². The molecule has 1 heterocycles. The molecule has 0 spiro atoms. The highest BCUT2D eigenvalue weighted by Gasteiger charge is 2.10. The van der Waals surface area contributed by atoms with Crippen molar-refractivity contribution in [2.45, 2.75) is 12.8 Å². The molecule has 0 radical (unpaired) electrons. The molecule has 0 bridgehead atoms. The highest BCUT2D eigenvalue weighted by atomic mass is 35.5. The summed E-state index contributed by atoms with van der Waals surface area (Å²) in [5.74, 6) is 0. The Kier molecular flexibility index (Phi) is 3.49. The predicted octanol–water partition coefficient (Wildman–Crippen LogP) is 4.31. The van der Waals surface area contributed by atoms with Gasteiger partial charge in [0, 0.05) is 17.9 Å². The smallest absolute Gasteiger partial charge is 0.103 e. The van der Waals surface area contributed by atoms with Crippen molar-refractivity contribution in [2.75, 3.05) is 17.2 Å². The Morgan fingerprint density at radius 2 is 2.15 bits per heavy atom. The van der Waals surface area contributed by atoms with Crippen LogP contribution in [0.1, 0.15) is 17.5 Å². The van der Waals surface area contributed by atoms with E-state index in [0.29, 0.717) is 10.6 Å². The first-order chi connectivity index (χ1) is 9.78. The number of hydrogen-bond acceptors (Lipinski definition) is 3. The number of aryl methyl sites for hydroxylation is 1. The first-order valence-corrected chi connectivity index (χ1v) is 6.98. The molecule has 2 N–H and O–H groups in total. The molecule has 0 saturated heterocycles. The second kappa shape index (κ2) is 5.44. The second-order valence-electron chi connectivity index (χ2n) is 4.80. The third-order valence-electron chi connectivity index (χ3n) is 3.45. The summed E-state index contributed by atoms with van der Waals surface area (Å²) in [5, 5.41) is 16.3. The van der Waals surface area contributed by atoms with Gasteiger partial charge in [-0.2, -0.15) is 5.26 Å². The fourth-order valence-corrected chi connectivity index (χ4v) is 2.67. The standard InChI is InChI=1S/C16H14ClN3/c17-14-4-1-5-16(13(14)10-18)20-12-6-7-15-11(9-12)3-2-8-19-15/h1,4-7,9,19-20H,2-3,8H2. The molecular weight excluding hydrogens is 270 g/mol. The number of rotatable bonds is 2. The van der Waals surface area contributed by atoms with Gasteiger partial charge in [-0.05, 0) is 48.7 Å². The minimum atomic E-state index is 0.470. The highest BCUT2D eigenvalue weighted by molar-refractivity contribution is 6.32. The minimum absolute atomic E-state index is 0.470. The average molecular weight is 284 g/mol. The molecular formula is C16H14ClN3. The summed E-state index contributed by atoms with van der Waals surface area (Å²) in [5.41, 5.74) is 4.70. The van der Waals surface area contributed by atoms with Crippen LogP contribution in [0.3, 0.4) is 0 Å². The Bertz CT molecular complexity index is 689. The number of halogens is 1. The number of fused-ring (bicyclic) bond motifs is 1. The van der Waals surface area contributed by atoms with E-state index < -0.39 is 0 Å². The zero-order chi connectivity index (χ0) is 13.9. The maximum Gasteiger partial charge on any atom is 0.103 e. The van der Waals surface area contributed by atoms with E-state index in [0.717, 1.165) is 30.8 Å². The summed E-state index contributed by atoms with van der Waals surface area (Å²) in [6.07, 6.45) is 2.23. The number of anilines is 3. The molecule has 4 heteroatoms. The quantitative estimate of drug-likeness (QED) is 0.863. The van der Waals surface area contributed by atoms with Crippen molar-refractivity contribution in [3.8, 4) is 6.07 Å². The Hall–Kier alpha value is -2.18. The lowest BCUT2D eigenvalue weighted by atomic mass is 10.0. The summed E-state index contributed by atoms with van der Waals surface area (Å²) in [4.78, 5) is 0. The number of benzene rings is 2. The number of nitriles is 1. The Balaban J connectivity index is 1.92. The van der Waals surface area contributed by atoms with Crippen molar-refractivity contribution in [3.63, 3.8) is 0 Å². The van der Waals surface area contributed by atoms with Crippen molar-refractivity contribution in [2.24, 2.45) is 0 Å². The van der Waals surface area contributed by atoms with Crippen LogP contribution in [0.4, 0.5) is 17.1 Å². The number of nitrogens with one attached hydrogen (secondary N) is 2. The Morgan fingerprint density at radius 1 is 1.25 bits per heavy atom. The molecule has 1 aliphatic rings. The zero-order valence-corrected chi connectivity index (χ0v) is 11.7. The lowest BCUT2D eigenvalue weighted by Gasteiger charge is -2.19. The zero-order valence-electron chi connectivity index (χ0n) is 10.9. The van der Waals surface area contributed by atoms with E-state index >= 15 is 0 Å². The Labute approximate surface area is 123 Å². The predicted molar refractivity (Wildman–Crippen MR) is 82.7 cm³/mol. The minimum Gasteiger partial charge on any atom is -0.385 e. The Morgan fingerprint density at radius 3 is 3.00 bits per heavy atom. The SMILES string of the molecule is N#Cc1c(Cl)cccc1Nc1ccc2c(c1)CCCN2. The highest BCUT2D eigenvalue weighted by Crippen LogP contribution is 2.29. The van der Waals surface area contributed by atoms with Crippen molar-refractivity contribution in [1.82, 2.24) is 0 Å². The van der Waals surface area contributed by atoms with Gasteiger partial charge in [-0.3, -0.25) is 0 Å². The van der Waals surface area contributed by atoms with Gasteiger partial charge in [-0.1, -0.05) is 17.7 Å². The normalized spacial score (nSPS) is 13.0. The van der Waals surface area contributed by atoms with Gasteiger partial charge >= 0.3 is 0 Å². The van der Waals surface area contributed by atoms with Crippen molar-refractivity contribution < 1.29 is 0 Å². The molecule has 2 aromatic carbocycles. The van der Waals surface area contributed by atoms with Gasteiger partial charge in [0.1, 0.15) is 6.07 Å². The summed E-state index contributed by atoms with van der Waals surface area (Å²) >= 11 is 6.04. The van der Waals surface area contributed by atoms with E-state index in [1.807, 2.05) is 18.2 Å². The molecule has 0 atom stereocenters. The molecule has 0 unspecified atom stereocenters.